The lowest BCUT2D eigenvalue weighted by Crippen LogP contribution is -2.43. The number of ether oxygens (including phenoxy) is 2. The first-order valence-corrected chi connectivity index (χ1v) is 7.98. The number of likely N-dealkylation sites (tertiary alicyclic amines) is 1. The highest BCUT2D eigenvalue weighted by Gasteiger charge is 2.27. The first-order valence-electron chi connectivity index (χ1n) is 7.98. The third kappa shape index (κ3) is 4.93. The molecule has 1 amide bonds. The second-order valence-corrected chi connectivity index (χ2v) is 6.99. The monoisotopic (exact) mass is 305 g/mol. The molecular formula is C18H27NO3. The van der Waals surface area contributed by atoms with Crippen LogP contribution in [0.1, 0.15) is 39.2 Å². The van der Waals surface area contributed by atoms with E-state index in [1.807, 2.05) is 37.8 Å². The fourth-order valence-electron chi connectivity index (χ4n) is 2.82. The highest BCUT2D eigenvalue weighted by atomic mass is 16.6. The molecule has 0 saturated carbocycles. The van der Waals surface area contributed by atoms with Crippen LogP contribution in [-0.2, 0) is 11.2 Å². The molecule has 1 saturated heterocycles. The molecule has 0 aromatic heterocycles. The summed E-state index contributed by atoms with van der Waals surface area (Å²) in [5, 5.41) is 0. The Labute approximate surface area is 133 Å². The van der Waals surface area contributed by atoms with Gasteiger partial charge in [0.1, 0.15) is 11.4 Å². The lowest BCUT2D eigenvalue weighted by molar-refractivity contribution is 0.0166. The molecule has 1 atom stereocenters. The largest absolute Gasteiger partial charge is 0.497 e. The molecule has 122 valence electrons. The van der Waals surface area contributed by atoms with E-state index in [-0.39, 0.29) is 6.09 Å². The third-order valence-corrected chi connectivity index (χ3v) is 3.85. The van der Waals surface area contributed by atoms with Gasteiger partial charge in [-0.05, 0) is 63.6 Å². The lowest BCUT2D eigenvalue weighted by atomic mass is 9.91. The van der Waals surface area contributed by atoms with Crippen LogP contribution in [0.3, 0.4) is 0 Å². The third-order valence-electron chi connectivity index (χ3n) is 3.85. The fourth-order valence-corrected chi connectivity index (χ4v) is 2.82. The number of carbonyl (C=O) groups is 1. The molecule has 2 rings (SSSR count). The molecule has 1 aromatic carbocycles. The summed E-state index contributed by atoms with van der Waals surface area (Å²) in [6.07, 6.45) is 3.00. The zero-order chi connectivity index (χ0) is 16.2. The normalized spacial score (nSPS) is 18.9. The van der Waals surface area contributed by atoms with E-state index in [1.165, 1.54) is 5.56 Å². The minimum Gasteiger partial charge on any atom is -0.497 e. The second kappa shape index (κ2) is 7.03. The molecule has 0 spiro atoms. The lowest BCUT2D eigenvalue weighted by Gasteiger charge is -2.34. The Morgan fingerprint density at radius 1 is 1.27 bits per heavy atom. The van der Waals surface area contributed by atoms with E-state index in [4.69, 9.17) is 9.47 Å². The van der Waals surface area contributed by atoms with Crippen LogP contribution in [0.25, 0.3) is 0 Å². The summed E-state index contributed by atoms with van der Waals surface area (Å²) in [6, 6.07) is 8.18. The van der Waals surface area contributed by atoms with E-state index >= 15 is 0 Å². The maximum atomic E-state index is 12.2. The summed E-state index contributed by atoms with van der Waals surface area (Å²) in [5.41, 5.74) is 0.858. The standard InChI is InChI=1S/C18H27NO3/c1-18(2,3)22-17(20)19-11-5-6-15(13-19)12-14-7-9-16(21-4)10-8-14/h7-10,15H,5-6,11-13H2,1-4H3. The number of nitrogens with zero attached hydrogens (tertiary/aromatic N) is 1. The van der Waals surface area contributed by atoms with Gasteiger partial charge in [0.15, 0.2) is 0 Å². The van der Waals surface area contributed by atoms with Crippen LogP contribution in [0, 0.1) is 5.92 Å². The predicted molar refractivity (Wildman–Crippen MR) is 87.2 cm³/mol. The molecule has 1 unspecified atom stereocenters. The van der Waals surface area contributed by atoms with E-state index in [2.05, 4.69) is 12.1 Å². The van der Waals surface area contributed by atoms with Crippen LogP contribution in [0.4, 0.5) is 4.79 Å². The van der Waals surface area contributed by atoms with Crippen molar-refractivity contribution in [2.24, 2.45) is 5.92 Å². The van der Waals surface area contributed by atoms with Gasteiger partial charge in [-0.2, -0.15) is 0 Å². The molecule has 4 nitrogen and oxygen atoms in total. The summed E-state index contributed by atoms with van der Waals surface area (Å²) in [5.74, 6) is 1.37. The Bertz CT molecular complexity index is 490. The number of rotatable bonds is 3. The highest BCUT2D eigenvalue weighted by Crippen LogP contribution is 2.23. The zero-order valence-electron chi connectivity index (χ0n) is 14.1. The number of hydrogen-bond donors (Lipinski definition) is 0. The number of carbonyl (C=O) groups excluding carboxylic acids is 1. The Balaban J connectivity index is 1.91. The molecule has 1 aliphatic heterocycles. The number of piperidine rings is 1. The molecule has 0 radical (unpaired) electrons. The van der Waals surface area contributed by atoms with Crippen LogP contribution in [0.2, 0.25) is 0 Å². The van der Waals surface area contributed by atoms with Crippen molar-refractivity contribution < 1.29 is 14.3 Å². The van der Waals surface area contributed by atoms with Crippen molar-refractivity contribution in [1.29, 1.82) is 0 Å². The van der Waals surface area contributed by atoms with Crippen LogP contribution < -0.4 is 4.74 Å². The predicted octanol–water partition coefficient (Wildman–Crippen LogP) is 3.88. The topological polar surface area (TPSA) is 38.8 Å². The van der Waals surface area contributed by atoms with Gasteiger partial charge in [-0.15, -0.1) is 0 Å². The van der Waals surface area contributed by atoms with Gasteiger partial charge in [0.25, 0.3) is 0 Å². The summed E-state index contributed by atoms with van der Waals surface area (Å²) < 4.78 is 10.7. The Morgan fingerprint density at radius 3 is 2.55 bits per heavy atom. The molecule has 1 aliphatic rings. The van der Waals surface area contributed by atoms with Crippen LogP contribution in [0.15, 0.2) is 24.3 Å². The summed E-state index contributed by atoms with van der Waals surface area (Å²) >= 11 is 0. The van der Waals surface area contributed by atoms with E-state index in [0.29, 0.717) is 5.92 Å². The van der Waals surface area contributed by atoms with Crippen molar-refractivity contribution in [1.82, 2.24) is 4.90 Å². The number of hydrogen-bond acceptors (Lipinski definition) is 3. The van der Waals surface area contributed by atoms with Crippen molar-refractivity contribution >= 4 is 6.09 Å². The highest BCUT2D eigenvalue weighted by molar-refractivity contribution is 5.68. The molecule has 0 aliphatic carbocycles. The van der Waals surface area contributed by atoms with E-state index in [0.717, 1.165) is 38.1 Å². The van der Waals surface area contributed by atoms with Gasteiger partial charge in [0.05, 0.1) is 7.11 Å². The molecule has 1 aromatic rings. The fraction of sp³-hybridized carbons (Fsp3) is 0.611. The van der Waals surface area contributed by atoms with Gasteiger partial charge < -0.3 is 14.4 Å². The van der Waals surface area contributed by atoms with Crippen molar-refractivity contribution in [2.75, 3.05) is 20.2 Å². The molecular weight excluding hydrogens is 278 g/mol. The summed E-state index contributed by atoms with van der Waals surface area (Å²) in [6.45, 7) is 7.30. The Kier molecular flexibility index (Phi) is 5.33. The zero-order valence-corrected chi connectivity index (χ0v) is 14.1. The average molecular weight is 305 g/mol. The number of benzene rings is 1. The molecule has 1 fully saturated rings. The maximum Gasteiger partial charge on any atom is 0.410 e. The summed E-state index contributed by atoms with van der Waals surface area (Å²) in [4.78, 5) is 14.0. The molecule has 0 bridgehead atoms. The minimum atomic E-state index is -0.431. The Hall–Kier alpha value is -1.71. The van der Waals surface area contributed by atoms with Gasteiger partial charge in [-0.3, -0.25) is 0 Å². The van der Waals surface area contributed by atoms with Crippen molar-refractivity contribution in [3.8, 4) is 5.75 Å². The number of amides is 1. The number of methoxy groups -OCH3 is 1. The van der Waals surface area contributed by atoms with E-state index in [9.17, 15) is 4.79 Å². The SMILES string of the molecule is COc1ccc(CC2CCCN(C(=O)OC(C)(C)C)C2)cc1. The molecule has 4 heteroatoms. The second-order valence-electron chi connectivity index (χ2n) is 6.99. The van der Waals surface area contributed by atoms with Gasteiger partial charge in [-0.25, -0.2) is 4.79 Å². The Morgan fingerprint density at radius 2 is 1.95 bits per heavy atom. The van der Waals surface area contributed by atoms with E-state index in [1.54, 1.807) is 7.11 Å². The summed E-state index contributed by atoms with van der Waals surface area (Å²) in [7, 11) is 1.68. The van der Waals surface area contributed by atoms with Gasteiger partial charge in [0, 0.05) is 13.1 Å². The smallest absolute Gasteiger partial charge is 0.410 e. The molecule has 1 heterocycles. The average Bonchev–Trinajstić information content (AvgIpc) is 2.46. The van der Waals surface area contributed by atoms with Crippen LogP contribution >= 0.6 is 0 Å². The minimum absolute atomic E-state index is 0.188. The first kappa shape index (κ1) is 16.7. The van der Waals surface area contributed by atoms with Crippen molar-refractivity contribution in [3.63, 3.8) is 0 Å². The van der Waals surface area contributed by atoms with Crippen molar-refractivity contribution in [3.05, 3.63) is 29.8 Å². The van der Waals surface area contributed by atoms with Gasteiger partial charge >= 0.3 is 6.09 Å². The van der Waals surface area contributed by atoms with Gasteiger partial charge in [0.2, 0.25) is 0 Å². The maximum absolute atomic E-state index is 12.2. The van der Waals surface area contributed by atoms with Crippen LogP contribution in [-0.4, -0.2) is 36.8 Å². The molecule has 22 heavy (non-hydrogen) atoms. The quantitative estimate of drug-likeness (QED) is 0.850. The van der Waals surface area contributed by atoms with E-state index < -0.39 is 5.60 Å². The molecule has 0 N–H and O–H groups in total. The van der Waals surface area contributed by atoms with Crippen LogP contribution in [0.5, 0.6) is 5.75 Å². The first-order chi connectivity index (χ1) is 10.4. The van der Waals surface area contributed by atoms with Crippen molar-refractivity contribution in [2.45, 2.75) is 45.6 Å². The van der Waals surface area contributed by atoms with Gasteiger partial charge in [-0.1, -0.05) is 12.1 Å².